The molecule has 0 saturated heterocycles. The van der Waals surface area contributed by atoms with Crippen LogP contribution in [0.15, 0.2) is 36.4 Å². The van der Waals surface area contributed by atoms with Gasteiger partial charge in [0.2, 0.25) is 0 Å². The summed E-state index contributed by atoms with van der Waals surface area (Å²) in [6.45, 7) is 1.61. The molecular formula is C23H24Cl2N2O2. The largest absolute Gasteiger partial charge is 0.338 e. The fourth-order valence-corrected chi connectivity index (χ4v) is 4.84. The van der Waals surface area contributed by atoms with Gasteiger partial charge in [-0.15, -0.1) is 0 Å². The predicted molar refractivity (Wildman–Crippen MR) is 117 cm³/mol. The lowest BCUT2D eigenvalue weighted by Crippen LogP contribution is -2.41. The van der Waals surface area contributed by atoms with Gasteiger partial charge in [-0.25, -0.2) is 0 Å². The van der Waals surface area contributed by atoms with E-state index in [1.54, 1.807) is 24.3 Å². The second-order valence-electron chi connectivity index (χ2n) is 7.96. The van der Waals surface area contributed by atoms with Crippen LogP contribution in [0.5, 0.6) is 0 Å². The zero-order valence-corrected chi connectivity index (χ0v) is 17.7. The lowest BCUT2D eigenvalue weighted by atomic mass is 9.88. The third-order valence-electron chi connectivity index (χ3n) is 5.91. The van der Waals surface area contributed by atoms with Crippen molar-refractivity contribution in [3.63, 3.8) is 0 Å². The van der Waals surface area contributed by atoms with Crippen LogP contribution in [0.25, 0.3) is 0 Å². The molecule has 0 aromatic heterocycles. The first kappa shape index (κ1) is 20.2. The van der Waals surface area contributed by atoms with Gasteiger partial charge in [0.1, 0.15) is 0 Å². The third-order valence-corrected chi connectivity index (χ3v) is 6.46. The Morgan fingerprint density at radius 3 is 2.62 bits per heavy atom. The first-order valence-electron chi connectivity index (χ1n) is 10.2. The normalized spacial score (nSPS) is 17.2. The minimum Gasteiger partial charge on any atom is -0.338 e. The molecule has 4 rings (SSSR count). The van der Waals surface area contributed by atoms with Crippen LogP contribution in [0.2, 0.25) is 10.0 Å². The second-order valence-corrected chi connectivity index (χ2v) is 8.80. The summed E-state index contributed by atoms with van der Waals surface area (Å²) in [5, 5.41) is 3.66. The number of anilines is 1. The minimum atomic E-state index is -0.298. The number of carbonyl (C=O) groups excluding carboxylic acids is 2. The number of carbonyl (C=O) groups is 2. The number of nitrogens with zero attached hydrogens (tertiary/aromatic N) is 1. The SMILES string of the molecule is O=C(Nc1ccc2c(c1)CCN(CC1CCCCC1)C2=O)c1ccc(Cl)cc1Cl. The van der Waals surface area contributed by atoms with E-state index in [9.17, 15) is 9.59 Å². The number of halogens is 2. The Labute approximate surface area is 181 Å². The van der Waals surface area contributed by atoms with Crippen molar-refractivity contribution < 1.29 is 9.59 Å². The molecule has 2 aromatic rings. The summed E-state index contributed by atoms with van der Waals surface area (Å²) >= 11 is 12.0. The minimum absolute atomic E-state index is 0.107. The van der Waals surface area contributed by atoms with Crippen LogP contribution in [-0.2, 0) is 6.42 Å². The molecule has 152 valence electrons. The van der Waals surface area contributed by atoms with E-state index in [4.69, 9.17) is 23.2 Å². The van der Waals surface area contributed by atoms with Gasteiger partial charge >= 0.3 is 0 Å². The van der Waals surface area contributed by atoms with E-state index in [1.807, 2.05) is 17.0 Å². The molecule has 1 heterocycles. The van der Waals surface area contributed by atoms with Crippen LogP contribution in [0.3, 0.4) is 0 Å². The number of fused-ring (bicyclic) bond motifs is 1. The molecule has 0 radical (unpaired) electrons. The molecule has 1 saturated carbocycles. The molecule has 1 N–H and O–H groups in total. The van der Waals surface area contributed by atoms with Crippen molar-refractivity contribution in [2.75, 3.05) is 18.4 Å². The van der Waals surface area contributed by atoms with E-state index in [2.05, 4.69) is 5.32 Å². The molecule has 0 bridgehead atoms. The summed E-state index contributed by atoms with van der Waals surface area (Å²) in [4.78, 5) is 27.5. The monoisotopic (exact) mass is 430 g/mol. The number of hydrogen-bond donors (Lipinski definition) is 1. The molecule has 6 heteroatoms. The standard InChI is InChI=1S/C23H24Cl2N2O2/c24-17-6-8-20(21(25)13-17)22(28)26-18-7-9-19-16(12-18)10-11-27(23(19)29)14-15-4-2-1-3-5-15/h6-9,12-13,15H,1-5,10-11,14H2,(H,26,28). The number of hydrogen-bond acceptors (Lipinski definition) is 2. The van der Waals surface area contributed by atoms with Crippen molar-refractivity contribution in [3.05, 3.63) is 63.1 Å². The molecule has 0 atom stereocenters. The van der Waals surface area contributed by atoms with Crippen LogP contribution >= 0.6 is 23.2 Å². The molecule has 1 fully saturated rings. The van der Waals surface area contributed by atoms with Crippen LogP contribution in [0.1, 0.15) is 58.4 Å². The van der Waals surface area contributed by atoms with Gasteiger partial charge < -0.3 is 10.2 Å². The van der Waals surface area contributed by atoms with Crippen LogP contribution in [-0.4, -0.2) is 29.8 Å². The number of rotatable bonds is 4. The molecule has 4 nitrogen and oxygen atoms in total. The summed E-state index contributed by atoms with van der Waals surface area (Å²) < 4.78 is 0. The number of amides is 2. The van der Waals surface area contributed by atoms with Crippen molar-refractivity contribution >= 4 is 40.7 Å². The van der Waals surface area contributed by atoms with E-state index < -0.39 is 0 Å². The van der Waals surface area contributed by atoms with Crippen molar-refractivity contribution in [2.24, 2.45) is 5.92 Å². The average Bonchev–Trinajstić information content (AvgIpc) is 2.71. The molecule has 2 aliphatic rings. The number of nitrogens with one attached hydrogen (secondary N) is 1. The fraction of sp³-hybridized carbons (Fsp3) is 0.391. The Morgan fingerprint density at radius 2 is 1.86 bits per heavy atom. The fourth-order valence-electron chi connectivity index (χ4n) is 4.34. The molecule has 1 aliphatic carbocycles. The summed E-state index contributed by atoms with van der Waals surface area (Å²) in [5.41, 5.74) is 2.75. The Balaban J connectivity index is 1.45. The highest BCUT2D eigenvalue weighted by atomic mass is 35.5. The quantitative estimate of drug-likeness (QED) is 0.663. The molecule has 2 amide bonds. The molecule has 0 spiro atoms. The highest BCUT2D eigenvalue weighted by molar-refractivity contribution is 6.37. The Bertz CT molecular complexity index is 938. The molecule has 1 aliphatic heterocycles. The smallest absolute Gasteiger partial charge is 0.257 e. The Kier molecular flexibility index (Phi) is 6.12. The van der Waals surface area contributed by atoms with Crippen LogP contribution < -0.4 is 5.32 Å². The summed E-state index contributed by atoms with van der Waals surface area (Å²) in [5.74, 6) is 0.444. The van der Waals surface area contributed by atoms with Crippen LogP contribution in [0, 0.1) is 5.92 Å². The predicted octanol–water partition coefficient (Wildman–Crippen LogP) is 5.82. The first-order valence-corrected chi connectivity index (χ1v) is 11.0. The van der Waals surface area contributed by atoms with E-state index >= 15 is 0 Å². The molecule has 2 aromatic carbocycles. The maximum Gasteiger partial charge on any atom is 0.257 e. The maximum atomic E-state index is 12.9. The van der Waals surface area contributed by atoms with Crippen molar-refractivity contribution in [3.8, 4) is 0 Å². The summed E-state index contributed by atoms with van der Waals surface area (Å²) in [6, 6.07) is 10.3. The van der Waals surface area contributed by atoms with E-state index in [0.29, 0.717) is 27.2 Å². The summed E-state index contributed by atoms with van der Waals surface area (Å²) in [7, 11) is 0. The van der Waals surface area contributed by atoms with Crippen molar-refractivity contribution in [2.45, 2.75) is 38.5 Å². The first-order chi connectivity index (χ1) is 14.0. The van der Waals surface area contributed by atoms with E-state index in [1.165, 1.54) is 32.1 Å². The Morgan fingerprint density at radius 1 is 1.07 bits per heavy atom. The molecule has 0 unspecified atom stereocenters. The van der Waals surface area contributed by atoms with E-state index in [0.717, 1.165) is 30.6 Å². The molecular weight excluding hydrogens is 407 g/mol. The van der Waals surface area contributed by atoms with Crippen molar-refractivity contribution in [1.29, 1.82) is 0 Å². The number of benzene rings is 2. The van der Waals surface area contributed by atoms with Crippen molar-refractivity contribution in [1.82, 2.24) is 4.90 Å². The van der Waals surface area contributed by atoms with Gasteiger partial charge in [-0.2, -0.15) is 0 Å². The Hall–Kier alpha value is -2.04. The van der Waals surface area contributed by atoms with Gasteiger partial charge in [0.25, 0.3) is 11.8 Å². The summed E-state index contributed by atoms with van der Waals surface area (Å²) in [6.07, 6.45) is 7.15. The highest BCUT2D eigenvalue weighted by Gasteiger charge is 2.27. The van der Waals surface area contributed by atoms with Gasteiger partial charge in [-0.3, -0.25) is 9.59 Å². The lowest BCUT2D eigenvalue weighted by Gasteiger charge is -2.33. The second kappa shape index (κ2) is 8.76. The maximum absolute atomic E-state index is 12.9. The van der Waals surface area contributed by atoms with Gasteiger partial charge in [-0.1, -0.05) is 42.5 Å². The van der Waals surface area contributed by atoms with Gasteiger partial charge in [0.05, 0.1) is 10.6 Å². The van der Waals surface area contributed by atoms with Gasteiger partial charge in [0.15, 0.2) is 0 Å². The van der Waals surface area contributed by atoms with Crippen LogP contribution in [0.4, 0.5) is 5.69 Å². The lowest BCUT2D eigenvalue weighted by molar-refractivity contribution is 0.0697. The highest BCUT2D eigenvalue weighted by Crippen LogP contribution is 2.28. The zero-order chi connectivity index (χ0) is 20.4. The zero-order valence-electron chi connectivity index (χ0n) is 16.2. The third kappa shape index (κ3) is 4.59. The average molecular weight is 431 g/mol. The topological polar surface area (TPSA) is 49.4 Å². The van der Waals surface area contributed by atoms with Gasteiger partial charge in [-0.05, 0) is 67.1 Å². The van der Waals surface area contributed by atoms with E-state index in [-0.39, 0.29) is 11.8 Å². The van der Waals surface area contributed by atoms with Gasteiger partial charge in [0, 0.05) is 29.4 Å². The molecule has 29 heavy (non-hydrogen) atoms.